The first-order valence-electron chi connectivity index (χ1n) is 14.6. The molecule has 1 aliphatic carbocycles. The maximum Gasteiger partial charge on any atom is 0.408 e. The van der Waals surface area contributed by atoms with Crippen LogP contribution in [0.15, 0.2) is 12.2 Å². The maximum absolute atomic E-state index is 14.0. The lowest BCUT2D eigenvalue weighted by Gasteiger charge is -2.38. The molecule has 2 heterocycles. The number of allylic oxidation sites excluding steroid dienone is 1. The summed E-state index contributed by atoms with van der Waals surface area (Å²) in [6, 6.07) is -1.78. The Morgan fingerprint density at radius 3 is 2.40 bits per heavy atom. The SMILES string of the molecule is CC(C)(C)OC(=O)N[C@H]1CCCCC/C=C\[C@@H]2C[C@@]2(C(=O)O)NC(=O)[C@@H]2C[C@@H](O[Si](C)(C)C(C)(C)C)CN2C1=O. The molecule has 0 aromatic heterocycles. The van der Waals surface area contributed by atoms with Crippen LogP contribution in [-0.4, -0.2) is 78.1 Å². The van der Waals surface area contributed by atoms with E-state index in [0.717, 1.165) is 19.3 Å². The summed E-state index contributed by atoms with van der Waals surface area (Å²) < 4.78 is 12.1. The number of carboxylic acids is 1. The lowest BCUT2D eigenvalue weighted by molar-refractivity contribution is -0.145. The molecule has 3 aliphatic rings. The second-order valence-electron chi connectivity index (χ2n) is 14.1. The zero-order chi connectivity index (χ0) is 30.1. The first-order valence-corrected chi connectivity index (χ1v) is 17.5. The summed E-state index contributed by atoms with van der Waals surface area (Å²) in [6.45, 7) is 16.1. The van der Waals surface area contributed by atoms with E-state index in [4.69, 9.17) is 9.16 Å². The van der Waals surface area contributed by atoms with Gasteiger partial charge in [0.05, 0.1) is 6.10 Å². The molecule has 0 radical (unpaired) electrons. The highest BCUT2D eigenvalue weighted by Gasteiger charge is 2.61. The van der Waals surface area contributed by atoms with Crippen molar-refractivity contribution in [3.8, 4) is 0 Å². The topological polar surface area (TPSA) is 134 Å². The minimum Gasteiger partial charge on any atom is -0.479 e. The number of ether oxygens (including phenoxy) is 1. The molecule has 0 aromatic carbocycles. The third-order valence-electron chi connectivity index (χ3n) is 8.58. The average molecular weight is 580 g/mol. The van der Waals surface area contributed by atoms with Gasteiger partial charge in [0.1, 0.15) is 23.2 Å². The van der Waals surface area contributed by atoms with Crippen molar-refractivity contribution >= 4 is 32.2 Å². The van der Waals surface area contributed by atoms with Gasteiger partial charge >= 0.3 is 12.1 Å². The molecule has 1 saturated carbocycles. The molecular formula is C29H49N3O7Si. The van der Waals surface area contributed by atoms with Gasteiger partial charge in [-0.1, -0.05) is 45.8 Å². The van der Waals surface area contributed by atoms with Gasteiger partial charge in [0.25, 0.3) is 0 Å². The van der Waals surface area contributed by atoms with E-state index in [0.29, 0.717) is 19.3 Å². The van der Waals surface area contributed by atoms with Crippen LogP contribution in [0.5, 0.6) is 0 Å². The largest absolute Gasteiger partial charge is 0.479 e. The predicted octanol–water partition coefficient (Wildman–Crippen LogP) is 4.35. The second kappa shape index (κ2) is 11.8. The number of carbonyl (C=O) groups excluding carboxylic acids is 3. The Morgan fingerprint density at radius 2 is 1.80 bits per heavy atom. The first kappa shape index (κ1) is 32.1. The highest BCUT2D eigenvalue weighted by atomic mass is 28.4. The van der Waals surface area contributed by atoms with Crippen LogP contribution in [0.2, 0.25) is 18.1 Å². The molecule has 11 heteroatoms. The Bertz CT molecular complexity index is 1020. The Morgan fingerprint density at radius 1 is 1.12 bits per heavy atom. The highest BCUT2D eigenvalue weighted by Crippen LogP contribution is 2.45. The third kappa shape index (κ3) is 7.66. The van der Waals surface area contributed by atoms with Crippen molar-refractivity contribution in [2.24, 2.45) is 5.92 Å². The van der Waals surface area contributed by atoms with Gasteiger partial charge in [0.2, 0.25) is 11.8 Å². The zero-order valence-electron chi connectivity index (χ0n) is 25.5. The van der Waals surface area contributed by atoms with Gasteiger partial charge in [-0.25, -0.2) is 9.59 Å². The lowest BCUT2D eigenvalue weighted by Crippen LogP contribution is -2.56. The lowest BCUT2D eigenvalue weighted by atomic mass is 10.0. The summed E-state index contributed by atoms with van der Waals surface area (Å²) >= 11 is 0. The van der Waals surface area contributed by atoms with Crippen LogP contribution >= 0.6 is 0 Å². The van der Waals surface area contributed by atoms with Crippen molar-refractivity contribution in [2.75, 3.05) is 6.54 Å². The number of carbonyl (C=O) groups is 4. The van der Waals surface area contributed by atoms with Crippen molar-refractivity contribution in [1.82, 2.24) is 15.5 Å². The van der Waals surface area contributed by atoms with Crippen LogP contribution in [0.1, 0.15) is 86.5 Å². The molecular weight excluding hydrogens is 530 g/mol. The molecule has 10 nitrogen and oxygen atoms in total. The van der Waals surface area contributed by atoms with Crippen LogP contribution < -0.4 is 10.6 Å². The Labute approximate surface area is 239 Å². The van der Waals surface area contributed by atoms with E-state index in [9.17, 15) is 24.3 Å². The number of fused-ring (bicyclic) bond motifs is 2. The van der Waals surface area contributed by atoms with Crippen LogP contribution in [0.3, 0.4) is 0 Å². The molecule has 1 saturated heterocycles. The normalized spacial score (nSPS) is 31.1. The highest BCUT2D eigenvalue weighted by molar-refractivity contribution is 6.74. The molecule has 0 unspecified atom stereocenters. The number of amides is 3. The van der Waals surface area contributed by atoms with Crippen LogP contribution in [0.4, 0.5) is 4.79 Å². The minimum atomic E-state index is -2.23. The van der Waals surface area contributed by atoms with Gasteiger partial charge < -0.3 is 29.8 Å². The maximum atomic E-state index is 14.0. The fourth-order valence-corrected chi connectivity index (χ4v) is 6.55. The number of aliphatic carboxylic acids is 1. The number of hydrogen-bond donors (Lipinski definition) is 3. The number of nitrogens with one attached hydrogen (secondary N) is 2. The van der Waals surface area contributed by atoms with E-state index in [1.807, 2.05) is 12.2 Å². The molecule has 3 N–H and O–H groups in total. The predicted molar refractivity (Wildman–Crippen MR) is 154 cm³/mol. The summed E-state index contributed by atoms with van der Waals surface area (Å²) in [4.78, 5) is 54.2. The third-order valence-corrected chi connectivity index (χ3v) is 13.1. The van der Waals surface area contributed by atoms with Gasteiger partial charge in [-0.3, -0.25) is 9.59 Å². The zero-order valence-corrected chi connectivity index (χ0v) is 26.5. The molecule has 2 aliphatic heterocycles. The van der Waals surface area contributed by atoms with Gasteiger partial charge in [-0.05, 0) is 64.6 Å². The molecule has 0 aromatic rings. The van der Waals surface area contributed by atoms with Crippen LogP contribution in [0.25, 0.3) is 0 Å². The van der Waals surface area contributed by atoms with E-state index in [1.54, 1.807) is 20.8 Å². The first-order chi connectivity index (χ1) is 18.4. The van der Waals surface area contributed by atoms with Gasteiger partial charge in [0, 0.05) is 18.9 Å². The van der Waals surface area contributed by atoms with Crippen LogP contribution in [-0.2, 0) is 23.5 Å². The summed E-state index contributed by atoms with van der Waals surface area (Å²) in [5, 5.41) is 15.5. The fraction of sp³-hybridized carbons (Fsp3) is 0.793. The van der Waals surface area contributed by atoms with Gasteiger partial charge in [-0.15, -0.1) is 0 Å². The molecule has 5 atom stereocenters. The Balaban J connectivity index is 1.93. The summed E-state index contributed by atoms with van der Waals surface area (Å²) in [6.07, 6.45) is 6.99. The Kier molecular flexibility index (Phi) is 9.50. The molecule has 40 heavy (non-hydrogen) atoms. The minimum absolute atomic E-state index is 0.0717. The number of nitrogens with zero attached hydrogens (tertiary/aromatic N) is 1. The monoisotopic (exact) mass is 579 g/mol. The number of hydrogen-bond acceptors (Lipinski definition) is 6. The van der Waals surface area contributed by atoms with Gasteiger partial charge in [0.15, 0.2) is 8.32 Å². The fourth-order valence-electron chi connectivity index (χ4n) is 5.19. The summed E-state index contributed by atoms with van der Waals surface area (Å²) in [5.74, 6) is -2.24. The summed E-state index contributed by atoms with van der Waals surface area (Å²) in [7, 11) is -2.23. The molecule has 0 spiro atoms. The smallest absolute Gasteiger partial charge is 0.408 e. The molecule has 0 bridgehead atoms. The van der Waals surface area contributed by atoms with E-state index in [-0.39, 0.29) is 35.9 Å². The number of alkyl carbamates (subject to hydrolysis) is 1. The molecule has 2 fully saturated rings. The second-order valence-corrected chi connectivity index (χ2v) is 18.8. The van der Waals surface area contributed by atoms with Gasteiger partial charge in [-0.2, -0.15) is 0 Å². The van der Waals surface area contributed by atoms with Crippen molar-refractivity contribution in [3.05, 3.63) is 12.2 Å². The van der Waals surface area contributed by atoms with E-state index in [2.05, 4.69) is 44.5 Å². The quantitative estimate of drug-likeness (QED) is 0.333. The van der Waals surface area contributed by atoms with Crippen molar-refractivity contribution in [3.63, 3.8) is 0 Å². The number of carboxylic acid groups (broad SMARTS) is 1. The van der Waals surface area contributed by atoms with E-state index in [1.165, 1.54) is 4.90 Å². The van der Waals surface area contributed by atoms with Crippen molar-refractivity contribution in [1.29, 1.82) is 0 Å². The van der Waals surface area contributed by atoms with Crippen molar-refractivity contribution in [2.45, 2.75) is 134 Å². The molecule has 226 valence electrons. The van der Waals surface area contributed by atoms with Crippen molar-refractivity contribution < 1.29 is 33.4 Å². The molecule has 3 amide bonds. The Hall–Kier alpha value is -2.40. The standard InChI is InChI=1S/C29H49N3O7Si/c1-27(2,3)38-26(37)30-21-15-13-11-9-10-12-14-19-17-29(19,25(35)36)31-23(33)22-16-20(18-32(22)24(21)34)39-40(7,8)28(4,5)6/h12,14,19-22H,9-11,13,15-18H2,1-8H3,(H,30,37)(H,31,33)(H,35,36)/b14-12-/t19-,20-,21+,22+,29-/m1/s1. The molecule has 3 rings (SSSR count). The average Bonchev–Trinajstić information content (AvgIpc) is 3.33. The van der Waals surface area contributed by atoms with Crippen LogP contribution in [0, 0.1) is 5.92 Å². The summed E-state index contributed by atoms with van der Waals surface area (Å²) in [5.41, 5.74) is -2.10. The van der Waals surface area contributed by atoms with E-state index < -0.39 is 49.5 Å². The van der Waals surface area contributed by atoms with E-state index >= 15 is 0 Å². The number of rotatable bonds is 4.